The standard InChI is InChI=1S/C5H7FO/c1-3-5(4-2)7-6/h3-5H,1-2H2. The molecule has 0 aromatic carbocycles. The molecule has 0 aromatic rings. The molecule has 0 amide bonds. The molecule has 0 saturated carbocycles. The van der Waals surface area contributed by atoms with Crippen molar-refractivity contribution in [2.24, 2.45) is 0 Å². The van der Waals surface area contributed by atoms with E-state index < -0.39 is 6.10 Å². The average molecular weight is 102 g/mol. The van der Waals surface area contributed by atoms with Crippen LogP contribution in [0.1, 0.15) is 0 Å². The van der Waals surface area contributed by atoms with Crippen LogP contribution in [-0.2, 0) is 4.94 Å². The van der Waals surface area contributed by atoms with Crippen LogP contribution < -0.4 is 0 Å². The lowest BCUT2D eigenvalue weighted by Gasteiger charge is -1.93. The number of hydrogen-bond acceptors (Lipinski definition) is 1. The minimum atomic E-state index is -0.653. The van der Waals surface area contributed by atoms with Crippen molar-refractivity contribution in [3.05, 3.63) is 25.3 Å². The minimum absolute atomic E-state index is 0.653. The molecule has 0 atom stereocenters. The molecule has 1 nitrogen and oxygen atoms in total. The Bertz CT molecular complexity index is 62.5. The Hall–Kier alpha value is -0.630. The van der Waals surface area contributed by atoms with Crippen molar-refractivity contribution in [1.82, 2.24) is 0 Å². The lowest BCUT2D eigenvalue weighted by molar-refractivity contribution is -0.145. The third-order valence-corrected chi connectivity index (χ3v) is 0.567. The molecular weight excluding hydrogens is 95.1 g/mol. The maximum atomic E-state index is 11.0. The van der Waals surface area contributed by atoms with E-state index >= 15 is 0 Å². The van der Waals surface area contributed by atoms with Gasteiger partial charge in [0.2, 0.25) is 0 Å². The Morgan fingerprint density at radius 2 is 1.86 bits per heavy atom. The largest absolute Gasteiger partial charge is 0.182 e. The van der Waals surface area contributed by atoms with Crippen molar-refractivity contribution in [2.75, 3.05) is 0 Å². The molecule has 7 heavy (non-hydrogen) atoms. The normalized spacial score (nSPS) is 8.86. The fraction of sp³-hybridized carbons (Fsp3) is 0.200. The molecule has 0 aliphatic rings. The molecule has 40 valence electrons. The summed E-state index contributed by atoms with van der Waals surface area (Å²) in [6.45, 7) is 6.53. The average Bonchev–Trinajstić information content (AvgIpc) is 1.72. The van der Waals surface area contributed by atoms with Crippen molar-refractivity contribution in [2.45, 2.75) is 6.10 Å². The van der Waals surface area contributed by atoms with E-state index in [-0.39, 0.29) is 0 Å². The molecule has 0 saturated heterocycles. The second kappa shape index (κ2) is 3.56. The summed E-state index contributed by atoms with van der Waals surface area (Å²) in [4.78, 5) is 3.31. The first-order valence-electron chi connectivity index (χ1n) is 1.87. The third kappa shape index (κ3) is 2.11. The molecule has 0 aliphatic carbocycles. The zero-order chi connectivity index (χ0) is 5.70. The predicted octanol–water partition coefficient (Wildman–Crippen LogP) is 1.63. The summed E-state index contributed by atoms with van der Waals surface area (Å²) >= 11 is 0. The maximum absolute atomic E-state index is 11.0. The van der Waals surface area contributed by atoms with Gasteiger partial charge in [-0.2, -0.15) is 4.94 Å². The summed E-state index contributed by atoms with van der Waals surface area (Å²) in [5, 5.41) is 0. The summed E-state index contributed by atoms with van der Waals surface area (Å²) in [7, 11) is 0. The fourth-order valence-electron chi connectivity index (χ4n) is 0.169. The molecule has 0 radical (unpaired) electrons. The van der Waals surface area contributed by atoms with Gasteiger partial charge in [0.05, 0.1) is 0 Å². The van der Waals surface area contributed by atoms with Gasteiger partial charge in [-0.15, -0.1) is 13.2 Å². The number of hydrogen-bond donors (Lipinski definition) is 0. The maximum Gasteiger partial charge on any atom is 0.134 e. The summed E-state index contributed by atoms with van der Waals surface area (Å²) in [6.07, 6.45) is 1.97. The van der Waals surface area contributed by atoms with E-state index in [1.165, 1.54) is 12.2 Å². The Morgan fingerprint density at radius 1 is 1.43 bits per heavy atom. The van der Waals surface area contributed by atoms with Gasteiger partial charge < -0.3 is 0 Å². The van der Waals surface area contributed by atoms with E-state index in [9.17, 15) is 4.53 Å². The second-order valence-electron chi connectivity index (χ2n) is 1.03. The number of halogens is 1. The predicted molar refractivity (Wildman–Crippen MR) is 26.4 cm³/mol. The van der Waals surface area contributed by atoms with Crippen molar-refractivity contribution >= 4 is 0 Å². The SMILES string of the molecule is C=CC(C=C)OF. The smallest absolute Gasteiger partial charge is 0.134 e. The quantitative estimate of drug-likeness (QED) is 0.492. The zero-order valence-electron chi connectivity index (χ0n) is 3.93. The van der Waals surface area contributed by atoms with Gasteiger partial charge in [0.25, 0.3) is 0 Å². The van der Waals surface area contributed by atoms with Crippen LogP contribution in [0.3, 0.4) is 0 Å². The van der Waals surface area contributed by atoms with Crippen molar-refractivity contribution in [3.63, 3.8) is 0 Å². The van der Waals surface area contributed by atoms with Gasteiger partial charge >= 0.3 is 0 Å². The van der Waals surface area contributed by atoms with Crippen LogP contribution in [0.5, 0.6) is 0 Å². The lowest BCUT2D eigenvalue weighted by Crippen LogP contribution is -1.95. The first-order chi connectivity index (χ1) is 3.35. The van der Waals surface area contributed by atoms with E-state index in [2.05, 4.69) is 18.1 Å². The Labute approximate surface area is 42.0 Å². The van der Waals surface area contributed by atoms with Gasteiger partial charge in [0, 0.05) is 0 Å². The lowest BCUT2D eigenvalue weighted by atomic mass is 10.4. The van der Waals surface area contributed by atoms with Gasteiger partial charge in [-0.05, 0) is 4.53 Å². The first kappa shape index (κ1) is 6.37. The van der Waals surface area contributed by atoms with Crippen molar-refractivity contribution < 1.29 is 9.47 Å². The first-order valence-corrected chi connectivity index (χ1v) is 1.87. The highest BCUT2D eigenvalue weighted by atomic mass is 19.3. The molecule has 0 bridgehead atoms. The monoisotopic (exact) mass is 102 g/mol. The highest BCUT2D eigenvalue weighted by molar-refractivity contribution is 4.92. The van der Waals surface area contributed by atoms with Crippen LogP contribution in [-0.4, -0.2) is 6.10 Å². The van der Waals surface area contributed by atoms with E-state index in [1.54, 1.807) is 0 Å². The Morgan fingerprint density at radius 3 is 1.86 bits per heavy atom. The van der Waals surface area contributed by atoms with Gasteiger partial charge in [-0.1, -0.05) is 12.2 Å². The molecule has 0 spiro atoms. The summed E-state index contributed by atoms with van der Waals surface area (Å²) in [5.74, 6) is 0. The highest BCUT2D eigenvalue weighted by Gasteiger charge is 1.92. The highest BCUT2D eigenvalue weighted by Crippen LogP contribution is 1.92. The van der Waals surface area contributed by atoms with Crippen LogP contribution in [0.4, 0.5) is 4.53 Å². The van der Waals surface area contributed by atoms with Crippen molar-refractivity contribution in [3.8, 4) is 0 Å². The molecule has 0 heterocycles. The molecule has 0 aromatic heterocycles. The van der Waals surface area contributed by atoms with Crippen LogP contribution in [0.15, 0.2) is 25.3 Å². The summed E-state index contributed by atoms with van der Waals surface area (Å²) in [5.41, 5.74) is 0. The van der Waals surface area contributed by atoms with E-state index in [0.29, 0.717) is 0 Å². The van der Waals surface area contributed by atoms with Gasteiger partial charge in [-0.3, -0.25) is 0 Å². The summed E-state index contributed by atoms with van der Waals surface area (Å²) in [6, 6.07) is 0. The molecule has 2 heteroatoms. The molecule has 0 fully saturated rings. The molecule has 0 unspecified atom stereocenters. The number of rotatable bonds is 3. The topological polar surface area (TPSA) is 9.23 Å². The fourth-order valence-corrected chi connectivity index (χ4v) is 0.169. The van der Waals surface area contributed by atoms with Crippen molar-refractivity contribution in [1.29, 1.82) is 0 Å². The van der Waals surface area contributed by atoms with Crippen LogP contribution in [0.25, 0.3) is 0 Å². The zero-order valence-corrected chi connectivity index (χ0v) is 3.93. The van der Waals surface area contributed by atoms with Crippen LogP contribution >= 0.6 is 0 Å². The van der Waals surface area contributed by atoms with Gasteiger partial charge in [0.1, 0.15) is 6.10 Å². The molecule has 0 rings (SSSR count). The summed E-state index contributed by atoms with van der Waals surface area (Å²) < 4.78 is 11.0. The van der Waals surface area contributed by atoms with Crippen LogP contribution in [0, 0.1) is 0 Å². The Kier molecular flexibility index (Phi) is 3.24. The molecule has 0 N–H and O–H groups in total. The third-order valence-electron chi connectivity index (χ3n) is 0.567. The molecular formula is C5H7FO. The van der Waals surface area contributed by atoms with E-state index in [0.717, 1.165) is 0 Å². The van der Waals surface area contributed by atoms with E-state index in [1.807, 2.05) is 0 Å². The van der Waals surface area contributed by atoms with Gasteiger partial charge in [-0.25, -0.2) is 0 Å². The van der Waals surface area contributed by atoms with E-state index in [4.69, 9.17) is 0 Å². The van der Waals surface area contributed by atoms with Crippen LogP contribution in [0.2, 0.25) is 0 Å². The molecule has 0 aliphatic heterocycles. The Balaban J connectivity index is 3.36. The second-order valence-corrected chi connectivity index (χ2v) is 1.03. The van der Waals surface area contributed by atoms with Gasteiger partial charge in [0.15, 0.2) is 0 Å². The minimum Gasteiger partial charge on any atom is -0.182 e.